The summed E-state index contributed by atoms with van der Waals surface area (Å²) in [5.74, 6) is 0. The first-order valence-corrected chi connectivity index (χ1v) is 7.08. The molecule has 0 fully saturated rings. The van der Waals surface area contributed by atoms with E-state index in [0.717, 1.165) is 22.7 Å². The summed E-state index contributed by atoms with van der Waals surface area (Å²) in [7, 11) is 0. The van der Waals surface area contributed by atoms with Crippen LogP contribution in [0.3, 0.4) is 0 Å². The molecule has 0 saturated carbocycles. The van der Waals surface area contributed by atoms with Crippen molar-refractivity contribution in [1.82, 2.24) is 0 Å². The highest BCUT2D eigenvalue weighted by molar-refractivity contribution is 6.30. The van der Waals surface area contributed by atoms with E-state index >= 15 is 0 Å². The van der Waals surface area contributed by atoms with Crippen LogP contribution in [0, 0.1) is 11.3 Å². The van der Waals surface area contributed by atoms with Gasteiger partial charge in [-0.15, -0.1) is 0 Å². The van der Waals surface area contributed by atoms with Gasteiger partial charge in [0.15, 0.2) is 0 Å². The van der Waals surface area contributed by atoms with Gasteiger partial charge in [0.25, 0.3) is 0 Å². The van der Waals surface area contributed by atoms with Gasteiger partial charge in [0, 0.05) is 10.7 Å². The van der Waals surface area contributed by atoms with Gasteiger partial charge >= 0.3 is 0 Å². The molecular weight excluding hydrogens is 268 g/mol. The van der Waals surface area contributed by atoms with Crippen LogP contribution in [0.2, 0.25) is 5.02 Å². The van der Waals surface area contributed by atoms with Crippen LogP contribution in [0.25, 0.3) is 0 Å². The third kappa shape index (κ3) is 3.76. The summed E-state index contributed by atoms with van der Waals surface area (Å²) >= 11 is 5.92. The molecule has 0 aliphatic rings. The first-order chi connectivity index (χ1) is 9.72. The molecule has 2 aromatic rings. The van der Waals surface area contributed by atoms with Crippen molar-refractivity contribution in [3.63, 3.8) is 0 Å². The second kappa shape index (κ2) is 6.98. The van der Waals surface area contributed by atoms with Crippen LogP contribution >= 0.6 is 11.6 Å². The number of hydrogen-bond acceptors (Lipinski definition) is 2. The molecule has 0 radical (unpaired) electrons. The molecule has 1 atom stereocenters. The van der Waals surface area contributed by atoms with E-state index in [-0.39, 0.29) is 6.04 Å². The molecule has 2 aromatic carbocycles. The molecule has 2 nitrogen and oxygen atoms in total. The zero-order valence-electron chi connectivity index (χ0n) is 11.4. The molecule has 0 spiro atoms. The van der Waals surface area contributed by atoms with E-state index in [0.29, 0.717) is 6.42 Å². The smallest absolute Gasteiger partial charge is 0.0669 e. The molecule has 0 aliphatic carbocycles. The minimum Gasteiger partial charge on any atom is -0.378 e. The predicted octanol–water partition coefficient (Wildman–Crippen LogP) is 4.97. The summed E-state index contributed by atoms with van der Waals surface area (Å²) in [6, 6.07) is 18.3. The Morgan fingerprint density at radius 3 is 2.30 bits per heavy atom. The fourth-order valence-corrected chi connectivity index (χ4v) is 2.25. The van der Waals surface area contributed by atoms with Crippen molar-refractivity contribution in [2.45, 2.75) is 25.8 Å². The van der Waals surface area contributed by atoms with Gasteiger partial charge in [-0.25, -0.2) is 0 Å². The van der Waals surface area contributed by atoms with E-state index in [4.69, 9.17) is 16.9 Å². The lowest BCUT2D eigenvalue weighted by Crippen LogP contribution is -2.09. The lowest BCUT2D eigenvalue weighted by atomic mass is 10.0. The second-order valence-electron chi connectivity index (χ2n) is 4.69. The highest BCUT2D eigenvalue weighted by Crippen LogP contribution is 2.24. The average Bonchev–Trinajstić information content (AvgIpc) is 2.48. The van der Waals surface area contributed by atoms with Crippen LogP contribution in [0.15, 0.2) is 48.5 Å². The van der Waals surface area contributed by atoms with Gasteiger partial charge in [0.1, 0.15) is 0 Å². The highest BCUT2D eigenvalue weighted by atomic mass is 35.5. The van der Waals surface area contributed by atoms with Crippen molar-refractivity contribution in [3.05, 3.63) is 64.7 Å². The lowest BCUT2D eigenvalue weighted by Gasteiger charge is -2.19. The predicted molar refractivity (Wildman–Crippen MR) is 83.9 cm³/mol. The first kappa shape index (κ1) is 14.4. The zero-order valence-corrected chi connectivity index (χ0v) is 12.2. The van der Waals surface area contributed by atoms with Crippen molar-refractivity contribution in [1.29, 1.82) is 5.26 Å². The zero-order chi connectivity index (χ0) is 14.4. The molecule has 0 aliphatic heterocycles. The Kier molecular flexibility index (Phi) is 5.03. The molecule has 2 rings (SSSR count). The maximum Gasteiger partial charge on any atom is 0.0669 e. The van der Waals surface area contributed by atoms with Gasteiger partial charge in [-0.2, -0.15) is 5.26 Å². The molecule has 1 N–H and O–H groups in total. The Hall–Kier alpha value is -1.98. The summed E-state index contributed by atoms with van der Waals surface area (Å²) in [4.78, 5) is 0. The van der Waals surface area contributed by atoms with Crippen molar-refractivity contribution >= 4 is 17.3 Å². The number of rotatable bonds is 5. The topological polar surface area (TPSA) is 35.8 Å². The van der Waals surface area contributed by atoms with E-state index in [9.17, 15) is 0 Å². The largest absolute Gasteiger partial charge is 0.378 e. The number of anilines is 1. The molecule has 20 heavy (non-hydrogen) atoms. The molecule has 0 aromatic heterocycles. The quantitative estimate of drug-likeness (QED) is 0.841. The number of halogens is 1. The van der Waals surface area contributed by atoms with Crippen molar-refractivity contribution in [2.75, 3.05) is 5.32 Å². The molecule has 0 heterocycles. The number of benzene rings is 2. The van der Waals surface area contributed by atoms with Crippen LogP contribution < -0.4 is 5.32 Å². The van der Waals surface area contributed by atoms with Crippen LogP contribution in [-0.2, 0) is 6.42 Å². The summed E-state index contributed by atoms with van der Waals surface area (Å²) < 4.78 is 0. The average molecular weight is 285 g/mol. The summed E-state index contributed by atoms with van der Waals surface area (Å²) in [5.41, 5.74) is 3.32. The molecule has 0 amide bonds. The van der Waals surface area contributed by atoms with E-state index in [1.54, 1.807) is 0 Å². The van der Waals surface area contributed by atoms with E-state index in [1.165, 1.54) is 5.56 Å². The normalized spacial score (nSPS) is 11.7. The Labute approximate surface area is 125 Å². The fourth-order valence-electron chi connectivity index (χ4n) is 2.13. The molecule has 3 heteroatoms. The standard InChI is InChI=1S/C17H17ClN2/c1-2-17(14-5-7-15(18)8-6-14)20-16-9-3-13(4-10-16)11-12-19/h3-10,17,20H,2,11H2,1H3. The SMILES string of the molecule is CCC(Nc1ccc(CC#N)cc1)c1ccc(Cl)cc1. The van der Waals surface area contributed by atoms with Crippen LogP contribution in [-0.4, -0.2) is 0 Å². The van der Waals surface area contributed by atoms with Gasteiger partial charge in [-0.3, -0.25) is 0 Å². The third-order valence-corrected chi connectivity index (χ3v) is 3.51. The maximum absolute atomic E-state index is 8.67. The number of nitrogens with one attached hydrogen (secondary N) is 1. The molecular formula is C17H17ClN2. The maximum atomic E-state index is 8.67. The van der Waals surface area contributed by atoms with E-state index < -0.39 is 0 Å². The van der Waals surface area contributed by atoms with Crippen LogP contribution in [0.5, 0.6) is 0 Å². The summed E-state index contributed by atoms with van der Waals surface area (Å²) in [6.45, 7) is 2.15. The number of nitriles is 1. The van der Waals surface area contributed by atoms with E-state index in [2.05, 4.69) is 18.3 Å². The Bertz CT molecular complexity index is 582. The Morgan fingerprint density at radius 2 is 1.75 bits per heavy atom. The van der Waals surface area contributed by atoms with Gasteiger partial charge in [0.2, 0.25) is 0 Å². The second-order valence-corrected chi connectivity index (χ2v) is 5.12. The number of nitrogens with zero attached hydrogens (tertiary/aromatic N) is 1. The molecule has 0 saturated heterocycles. The minimum atomic E-state index is 0.258. The van der Waals surface area contributed by atoms with Crippen molar-refractivity contribution in [3.8, 4) is 6.07 Å². The monoisotopic (exact) mass is 284 g/mol. The van der Waals surface area contributed by atoms with Crippen LogP contribution in [0.1, 0.15) is 30.5 Å². The minimum absolute atomic E-state index is 0.258. The summed E-state index contributed by atoms with van der Waals surface area (Å²) in [6.07, 6.45) is 1.44. The van der Waals surface area contributed by atoms with E-state index in [1.807, 2.05) is 48.5 Å². The van der Waals surface area contributed by atoms with Crippen molar-refractivity contribution in [2.24, 2.45) is 0 Å². The van der Waals surface area contributed by atoms with Gasteiger partial charge in [-0.05, 0) is 41.8 Å². The van der Waals surface area contributed by atoms with Gasteiger partial charge in [0.05, 0.1) is 18.5 Å². The Morgan fingerprint density at radius 1 is 1.10 bits per heavy atom. The van der Waals surface area contributed by atoms with Crippen molar-refractivity contribution < 1.29 is 0 Å². The molecule has 102 valence electrons. The molecule has 1 unspecified atom stereocenters. The fraction of sp³-hybridized carbons (Fsp3) is 0.235. The third-order valence-electron chi connectivity index (χ3n) is 3.26. The van der Waals surface area contributed by atoms with Crippen LogP contribution in [0.4, 0.5) is 5.69 Å². The highest BCUT2D eigenvalue weighted by Gasteiger charge is 2.08. The lowest BCUT2D eigenvalue weighted by molar-refractivity contribution is 0.749. The van der Waals surface area contributed by atoms with Gasteiger partial charge in [-0.1, -0.05) is 42.8 Å². The first-order valence-electron chi connectivity index (χ1n) is 6.71. The Balaban J connectivity index is 2.10. The summed E-state index contributed by atoms with van der Waals surface area (Å²) in [5, 5.41) is 12.9. The van der Waals surface area contributed by atoms with Gasteiger partial charge < -0.3 is 5.32 Å². The number of hydrogen-bond donors (Lipinski definition) is 1. The molecule has 0 bridgehead atoms.